The van der Waals surface area contributed by atoms with Gasteiger partial charge in [-0.2, -0.15) is 0 Å². The minimum Gasteiger partial charge on any atom is -0.349 e. The Morgan fingerprint density at radius 3 is 1.96 bits per heavy atom. The highest BCUT2D eigenvalue weighted by atomic mass is 35.5. The van der Waals surface area contributed by atoms with E-state index in [-0.39, 0.29) is 27.9 Å². The number of hydrogen-bond donors (Lipinski definition) is 1. The average Bonchev–Trinajstić information content (AvgIpc) is 3.74. The van der Waals surface area contributed by atoms with Crippen molar-refractivity contribution in [3.63, 3.8) is 0 Å². The predicted octanol–water partition coefficient (Wildman–Crippen LogP) is 6.35. The number of halogens is 2. The highest BCUT2D eigenvalue weighted by Crippen LogP contribution is 2.40. The number of carbonyl (C=O) groups is 4. The van der Waals surface area contributed by atoms with Crippen molar-refractivity contribution in [1.29, 1.82) is 0 Å². The number of nitrogens with one attached hydrogen (secondary N) is 1. The lowest BCUT2D eigenvalue weighted by atomic mass is 9.90. The lowest BCUT2D eigenvalue weighted by Gasteiger charge is -2.30. The van der Waals surface area contributed by atoms with Gasteiger partial charge in [-0.05, 0) is 84.4 Å². The summed E-state index contributed by atoms with van der Waals surface area (Å²) in [6.07, 6.45) is 8.71. The molecule has 10 nitrogen and oxygen atoms in total. The van der Waals surface area contributed by atoms with Crippen molar-refractivity contribution < 1.29 is 19.2 Å². The van der Waals surface area contributed by atoms with E-state index < -0.39 is 0 Å². The molecule has 8 rings (SSSR count). The predicted molar refractivity (Wildman–Crippen MR) is 189 cm³/mol. The lowest BCUT2D eigenvalue weighted by Crippen LogP contribution is -2.41. The van der Waals surface area contributed by atoms with Crippen LogP contribution in [0.25, 0.3) is 0 Å². The van der Waals surface area contributed by atoms with Crippen molar-refractivity contribution in [3.05, 3.63) is 97.4 Å². The number of aromatic nitrogens is 4. The molecule has 1 N–H and O–H groups in total. The molecule has 256 valence electrons. The molecule has 0 spiro atoms. The maximum Gasteiger partial charge on any atom is 0.276 e. The molecule has 0 radical (unpaired) electrons. The Hall–Kier alpha value is -4.28. The molecule has 4 aromatic heterocycles. The zero-order valence-corrected chi connectivity index (χ0v) is 29.9. The summed E-state index contributed by atoms with van der Waals surface area (Å²) in [5, 5.41) is 3.36. The Bertz CT molecular complexity index is 1970. The summed E-state index contributed by atoms with van der Waals surface area (Å²) in [7, 11) is 0. The van der Waals surface area contributed by atoms with E-state index in [4.69, 9.17) is 23.2 Å². The van der Waals surface area contributed by atoms with E-state index in [0.717, 1.165) is 68.6 Å². The summed E-state index contributed by atoms with van der Waals surface area (Å²) < 4.78 is 4.38. The number of carbonyl (C=O) groups excluding carboxylic acids is 4. The molecular weight excluding hydrogens is 663 g/mol. The maximum absolute atomic E-state index is 13.0. The third kappa shape index (κ3) is 6.68. The van der Waals surface area contributed by atoms with Gasteiger partial charge in [-0.1, -0.05) is 50.9 Å². The second-order valence-corrected chi connectivity index (χ2v) is 15.4. The quantitative estimate of drug-likeness (QED) is 0.196. The molecule has 49 heavy (non-hydrogen) atoms. The Labute approximate surface area is 295 Å². The van der Waals surface area contributed by atoms with E-state index >= 15 is 0 Å². The number of amides is 2. The number of rotatable bonds is 3. The SMILES string of the molecule is CC1(C)Cc2cc3n(c2C1)CCNC3=O.Cc1ccnc(N2CCn3c(cc4c3CC(C)(C)C4)C2=O)c1C=O.O=Cc1c(Cl)ccnc1Cl. The second-order valence-electron chi connectivity index (χ2n) is 14.7. The van der Waals surface area contributed by atoms with Crippen LogP contribution >= 0.6 is 23.2 Å². The van der Waals surface area contributed by atoms with Crippen LogP contribution in [0.5, 0.6) is 0 Å². The highest BCUT2D eigenvalue weighted by Gasteiger charge is 2.38. The number of fused-ring (bicyclic) bond motifs is 6. The average molecular weight is 704 g/mol. The molecule has 4 aliphatic rings. The Kier molecular flexibility index (Phi) is 9.32. The number of pyridine rings is 2. The summed E-state index contributed by atoms with van der Waals surface area (Å²) in [6.45, 7) is 14.0. The first kappa shape index (κ1) is 34.6. The largest absolute Gasteiger partial charge is 0.349 e. The normalized spacial score (nSPS) is 17.7. The number of hydrogen-bond acceptors (Lipinski definition) is 6. The fourth-order valence-corrected chi connectivity index (χ4v) is 7.86. The van der Waals surface area contributed by atoms with Crippen molar-refractivity contribution in [3.8, 4) is 0 Å². The van der Waals surface area contributed by atoms with Gasteiger partial charge in [0.1, 0.15) is 22.4 Å². The minimum atomic E-state index is -0.0605. The molecule has 4 aromatic rings. The molecule has 2 amide bonds. The first-order valence-corrected chi connectivity index (χ1v) is 17.2. The summed E-state index contributed by atoms with van der Waals surface area (Å²) in [5.74, 6) is 0.506. The van der Waals surface area contributed by atoms with E-state index in [1.54, 1.807) is 17.2 Å². The first-order chi connectivity index (χ1) is 23.2. The van der Waals surface area contributed by atoms with Crippen LogP contribution in [-0.2, 0) is 38.8 Å². The van der Waals surface area contributed by atoms with Gasteiger partial charge >= 0.3 is 0 Å². The molecule has 0 saturated heterocycles. The Balaban J connectivity index is 0.000000142. The van der Waals surface area contributed by atoms with Crippen molar-refractivity contribution in [2.75, 3.05) is 18.0 Å². The van der Waals surface area contributed by atoms with E-state index in [9.17, 15) is 19.2 Å². The van der Waals surface area contributed by atoms with Crippen molar-refractivity contribution in [2.24, 2.45) is 10.8 Å². The number of aryl methyl sites for hydroxylation is 1. The van der Waals surface area contributed by atoms with Crippen molar-refractivity contribution in [2.45, 2.75) is 73.4 Å². The maximum atomic E-state index is 13.0. The van der Waals surface area contributed by atoms with Crippen LogP contribution < -0.4 is 10.2 Å². The third-order valence-electron chi connectivity index (χ3n) is 9.66. The van der Waals surface area contributed by atoms with E-state index in [2.05, 4.69) is 58.2 Å². The molecule has 0 atom stereocenters. The summed E-state index contributed by atoms with van der Waals surface area (Å²) >= 11 is 11.1. The van der Waals surface area contributed by atoms with Gasteiger partial charge in [-0.3, -0.25) is 24.1 Å². The van der Waals surface area contributed by atoms with Gasteiger partial charge in [0.05, 0.1) is 16.1 Å². The van der Waals surface area contributed by atoms with Gasteiger partial charge in [0.25, 0.3) is 11.8 Å². The summed E-state index contributed by atoms with van der Waals surface area (Å²) in [5.41, 5.74) is 9.18. The number of nitrogens with zero attached hydrogens (tertiary/aromatic N) is 5. The van der Waals surface area contributed by atoms with Crippen LogP contribution in [0.1, 0.15) is 97.5 Å². The van der Waals surface area contributed by atoms with Gasteiger partial charge in [-0.25, -0.2) is 9.97 Å². The highest BCUT2D eigenvalue weighted by molar-refractivity contribution is 6.37. The summed E-state index contributed by atoms with van der Waals surface area (Å²) in [4.78, 5) is 55.9. The smallest absolute Gasteiger partial charge is 0.276 e. The standard InChI is InChI=1S/C19H21N3O2.C12H16N2O.C6H3Cl2NO/c1-12-4-5-20-17(14(12)11-23)22-7-6-21-15(18(22)24)8-13-9-19(2,3)10-16(13)21;1-12(2)6-8-5-9-11(15)13-3-4-14(9)10(8)7-12;7-5-1-2-9-6(8)4(5)3-10/h4-5,8,11H,6-7,9-10H2,1-3H3;5H,3-4,6-7H2,1-2H3,(H,13,15);1-3H. The van der Waals surface area contributed by atoms with Crippen LogP contribution in [0, 0.1) is 17.8 Å². The van der Waals surface area contributed by atoms with E-state index in [1.165, 1.54) is 34.8 Å². The topological polar surface area (TPSA) is 119 Å². The fraction of sp³-hybridized carbons (Fsp3) is 0.405. The van der Waals surface area contributed by atoms with Crippen LogP contribution in [0.3, 0.4) is 0 Å². The fourth-order valence-electron chi connectivity index (χ4n) is 7.41. The van der Waals surface area contributed by atoms with E-state index in [1.807, 2.05) is 13.0 Å². The van der Waals surface area contributed by atoms with Gasteiger partial charge in [0, 0.05) is 50.0 Å². The molecule has 2 aliphatic carbocycles. The van der Waals surface area contributed by atoms with Crippen LogP contribution in [0.2, 0.25) is 10.2 Å². The Morgan fingerprint density at radius 2 is 1.37 bits per heavy atom. The van der Waals surface area contributed by atoms with Crippen LogP contribution in [-0.4, -0.2) is 56.6 Å². The lowest BCUT2D eigenvalue weighted by molar-refractivity contribution is 0.0924. The molecule has 0 aromatic carbocycles. The monoisotopic (exact) mass is 702 g/mol. The van der Waals surface area contributed by atoms with Gasteiger partial charge in [0.2, 0.25) is 0 Å². The van der Waals surface area contributed by atoms with Crippen molar-refractivity contribution in [1.82, 2.24) is 24.4 Å². The van der Waals surface area contributed by atoms with Crippen molar-refractivity contribution >= 4 is 53.4 Å². The molecule has 0 unspecified atom stereocenters. The van der Waals surface area contributed by atoms with Gasteiger partial charge in [-0.15, -0.1) is 0 Å². The molecule has 0 saturated carbocycles. The van der Waals surface area contributed by atoms with Crippen LogP contribution in [0.15, 0.2) is 36.7 Å². The molecule has 0 fully saturated rings. The zero-order chi connectivity index (χ0) is 35.2. The Morgan fingerprint density at radius 1 is 0.776 bits per heavy atom. The van der Waals surface area contributed by atoms with Crippen LogP contribution in [0.4, 0.5) is 5.82 Å². The first-order valence-electron chi connectivity index (χ1n) is 16.4. The minimum absolute atomic E-state index is 0.0605. The van der Waals surface area contributed by atoms with Gasteiger partial charge in [0.15, 0.2) is 12.6 Å². The third-order valence-corrected chi connectivity index (χ3v) is 10.3. The molecule has 6 heterocycles. The number of aldehydes is 2. The molecule has 12 heteroatoms. The van der Waals surface area contributed by atoms with Gasteiger partial charge < -0.3 is 14.5 Å². The summed E-state index contributed by atoms with van der Waals surface area (Å²) in [6, 6.07) is 7.42. The molecule has 0 bridgehead atoms. The van der Waals surface area contributed by atoms with E-state index in [0.29, 0.717) is 34.6 Å². The molecule has 2 aliphatic heterocycles. The second kappa shape index (κ2) is 13.2. The number of anilines is 1. The zero-order valence-electron chi connectivity index (χ0n) is 28.4. The molecular formula is C37H40Cl2N6O4.